The molecule has 3 nitrogen and oxygen atoms in total. The van der Waals surface area contributed by atoms with E-state index in [0.717, 1.165) is 5.88 Å². The summed E-state index contributed by atoms with van der Waals surface area (Å²) >= 11 is 0. The first-order valence-electron chi connectivity index (χ1n) is 9.08. The second-order valence-corrected chi connectivity index (χ2v) is 6.92. The van der Waals surface area contributed by atoms with Gasteiger partial charge in [-0.05, 0) is 25.2 Å². The molecule has 1 atom stereocenters. The number of unbranched alkanes of at least 4 members (excludes halogenated alkanes) is 5. The van der Waals surface area contributed by atoms with Crippen molar-refractivity contribution >= 4 is 0 Å². The van der Waals surface area contributed by atoms with Gasteiger partial charge in [-0.1, -0.05) is 65.7 Å². The largest absolute Gasteiger partial charge is 0.480 e. The standard InChI is InChI=1S/C19H36N2O/c1-7-9-11-13-15-19(4,14-12-10-8-2)17-16(3)21(5)20-18(17)22-6/h7-15H2,1-6H3. The Hall–Kier alpha value is -0.990. The van der Waals surface area contributed by atoms with Crippen LogP contribution < -0.4 is 4.74 Å². The topological polar surface area (TPSA) is 27.1 Å². The Morgan fingerprint density at radius 2 is 1.55 bits per heavy atom. The summed E-state index contributed by atoms with van der Waals surface area (Å²) < 4.78 is 7.57. The van der Waals surface area contributed by atoms with Crippen molar-refractivity contribution in [1.82, 2.24) is 9.78 Å². The van der Waals surface area contributed by atoms with Gasteiger partial charge in [0.05, 0.1) is 7.11 Å². The highest BCUT2D eigenvalue weighted by atomic mass is 16.5. The van der Waals surface area contributed by atoms with E-state index >= 15 is 0 Å². The fraction of sp³-hybridized carbons (Fsp3) is 0.842. The Balaban J connectivity index is 2.97. The first kappa shape index (κ1) is 19.1. The van der Waals surface area contributed by atoms with Gasteiger partial charge in [0.1, 0.15) is 0 Å². The summed E-state index contributed by atoms with van der Waals surface area (Å²) in [5.74, 6) is 0.828. The summed E-state index contributed by atoms with van der Waals surface area (Å²) in [5, 5.41) is 4.56. The summed E-state index contributed by atoms with van der Waals surface area (Å²) in [4.78, 5) is 0. The number of aryl methyl sites for hydroxylation is 1. The molecule has 1 aromatic heterocycles. The van der Waals surface area contributed by atoms with E-state index in [1.165, 1.54) is 69.0 Å². The summed E-state index contributed by atoms with van der Waals surface area (Å²) in [6, 6.07) is 0. The maximum atomic E-state index is 5.60. The van der Waals surface area contributed by atoms with Crippen molar-refractivity contribution in [3.8, 4) is 5.88 Å². The molecule has 1 rings (SSSR count). The van der Waals surface area contributed by atoms with E-state index in [4.69, 9.17) is 4.74 Å². The van der Waals surface area contributed by atoms with Gasteiger partial charge < -0.3 is 4.74 Å². The molecule has 0 aromatic carbocycles. The molecular formula is C19H36N2O. The Morgan fingerprint density at radius 3 is 2.09 bits per heavy atom. The second-order valence-electron chi connectivity index (χ2n) is 6.92. The fourth-order valence-corrected chi connectivity index (χ4v) is 3.50. The molecule has 1 heterocycles. The minimum absolute atomic E-state index is 0.187. The molecule has 22 heavy (non-hydrogen) atoms. The third-order valence-corrected chi connectivity index (χ3v) is 5.01. The van der Waals surface area contributed by atoms with Gasteiger partial charge in [-0.15, -0.1) is 5.10 Å². The van der Waals surface area contributed by atoms with Gasteiger partial charge in [-0.3, -0.25) is 4.68 Å². The predicted molar refractivity (Wildman–Crippen MR) is 94.8 cm³/mol. The van der Waals surface area contributed by atoms with E-state index < -0.39 is 0 Å². The lowest BCUT2D eigenvalue weighted by atomic mass is 9.74. The van der Waals surface area contributed by atoms with Crippen LogP contribution in [0.2, 0.25) is 0 Å². The lowest BCUT2D eigenvalue weighted by molar-refractivity contribution is 0.334. The van der Waals surface area contributed by atoms with Crippen LogP contribution in [0.25, 0.3) is 0 Å². The molecule has 0 saturated carbocycles. The molecule has 0 amide bonds. The Bertz CT molecular complexity index is 439. The van der Waals surface area contributed by atoms with Gasteiger partial charge in [0.25, 0.3) is 0 Å². The monoisotopic (exact) mass is 308 g/mol. The maximum absolute atomic E-state index is 5.60. The van der Waals surface area contributed by atoms with Crippen LogP contribution >= 0.6 is 0 Å². The van der Waals surface area contributed by atoms with Crippen LogP contribution in [0.5, 0.6) is 5.88 Å². The first-order chi connectivity index (χ1) is 10.5. The van der Waals surface area contributed by atoms with Crippen molar-refractivity contribution in [2.45, 2.75) is 90.9 Å². The van der Waals surface area contributed by atoms with E-state index in [0.29, 0.717) is 0 Å². The third-order valence-electron chi connectivity index (χ3n) is 5.01. The second kappa shape index (κ2) is 9.22. The minimum atomic E-state index is 0.187. The molecule has 3 heteroatoms. The average molecular weight is 309 g/mol. The normalized spacial score (nSPS) is 14.1. The molecule has 0 aliphatic heterocycles. The van der Waals surface area contributed by atoms with Gasteiger partial charge in [-0.25, -0.2) is 0 Å². The first-order valence-corrected chi connectivity index (χ1v) is 9.08. The number of hydrogen-bond acceptors (Lipinski definition) is 2. The maximum Gasteiger partial charge on any atom is 0.236 e. The van der Waals surface area contributed by atoms with Crippen LogP contribution in [0, 0.1) is 6.92 Å². The lowest BCUT2D eigenvalue weighted by Crippen LogP contribution is -2.23. The fourth-order valence-electron chi connectivity index (χ4n) is 3.50. The molecule has 0 fully saturated rings. The van der Waals surface area contributed by atoms with Gasteiger partial charge in [-0.2, -0.15) is 0 Å². The smallest absolute Gasteiger partial charge is 0.236 e. The average Bonchev–Trinajstić information content (AvgIpc) is 2.80. The van der Waals surface area contributed by atoms with Gasteiger partial charge >= 0.3 is 0 Å². The summed E-state index contributed by atoms with van der Waals surface area (Å²) in [7, 11) is 3.76. The molecule has 0 N–H and O–H groups in total. The molecule has 0 aliphatic carbocycles. The van der Waals surface area contributed by atoms with Crippen LogP contribution in [-0.4, -0.2) is 16.9 Å². The molecule has 0 radical (unpaired) electrons. The third kappa shape index (κ3) is 4.76. The van der Waals surface area contributed by atoms with Gasteiger partial charge in [0.15, 0.2) is 0 Å². The van der Waals surface area contributed by atoms with Crippen LogP contribution in [0.4, 0.5) is 0 Å². The summed E-state index contributed by atoms with van der Waals surface area (Å²) in [6.45, 7) is 9.14. The van der Waals surface area contributed by atoms with Crippen molar-refractivity contribution < 1.29 is 4.74 Å². The van der Waals surface area contributed by atoms with Crippen molar-refractivity contribution in [3.63, 3.8) is 0 Å². The van der Waals surface area contributed by atoms with Crippen molar-refractivity contribution in [3.05, 3.63) is 11.3 Å². The van der Waals surface area contributed by atoms with E-state index in [-0.39, 0.29) is 5.41 Å². The van der Waals surface area contributed by atoms with Gasteiger partial charge in [0, 0.05) is 18.3 Å². The zero-order valence-electron chi connectivity index (χ0n) is 15.7. The number of methoxy groups -OCH3 is 1. The SMILES string of the molecule is CCCCCCC(C)(CCCCC)c1c(OC)nn(C)c1C. The van der Waals surface area contributed by atoms with Crippen LogP contribution in [0.3, 0.4) is 0 Å². The van der Waals surface area contributed by atoms with E-state index in [1.54, 1.807) is 7.11 Å². The molecule has 0 saturated heterocycles. The molecule has 0 bridgehead atoms. The molecule has 1 unspecified atom stereocenters. The molecule has 0 aliphatic rings. The van der Waals surface area contributed by atoms with Crippen LogP contribution in [0.1, 0.15) is 89.8 Å². The highest BCUT2D eigenvalue weighted by molar-refractivity contribution is 5.38. The number of nitrogens with zero attached hydrogens (tertiary/aromatic N) is 2. The number of hydrogen-bond donors (Lipinski definition) is 0. The van der Waals surface area contributed by atoms with E-state index in [1.807, 2.05) is 11.7 Å². The zero-order valence-corrected chi connectivity index (χ0v) is 15.7. The Kier molecular flexibility index (Phi) is 7.98. The van der Waals surface area contributed by atoms with E-state index in [9.17, 15) is 0 Å². The predicted octanol–water partition coefficient (Wildman–Crippen LogP) is 5.55. The minimum Gasteiger partial charge on any atom is -0.480 e. The van der Waals surface area contributed by atoms with Crippen molar-refractivity contribution in [2.24, 2.45) is 7.05 Å². The number of aromatic nitrogens is 2. The number of rotatable bonds is 11. The Morgan fingerprint density at radius 1 is 1.00 bits per heavy atom. The van der Waals surface area contributed by atoms with Crippen molar-refractivity contribution in [1.29, 1.82) is 0 Å². The molecular weight excluding hydrogens is 272 g/mol. The molecule has 1 aromatic rings. The Labute approximate surface area is 137 Å². The molecule has 0 spiro atoms. The lowest BCUT2D eigenvalue weighted by Gasteiger charge is -2.30. The summed E-state index contributed by atoms with van der Waals surface area (Å²) in [6.07, 6.45) is 11.6. The van der Waals surface area contributed by atoms with Crippen molar-refractivity contribution in [2.75, 3.05) is 7.11 Å². The quantitative estimate of drug-likeness (QED) is 0.501. The van der Waals surface area contributed by atoms with E-state index in [2.05, 4.69) is 32.8 Å². The van der Waals surface area contributed by atoms with Crippen LogP contribution in [0.15, 0.2) is 0 Å². The zero-order chi connectivity index (χ0) is 16.6. The van der Waals surface area contributed by atoms with Crippen LogP contribution in [-0.2, 0) is 12.5 Å². The van der Waals surface area contributed by atoms with Gasteiger partial charge in [0.2, 0.25) is 5.88 Å². The highest BCUT2D eigenvalue weighted by Crippen LogP contribution is 2.41. The molecule has 128 valence electrons. The highest BCUT2D eigenvalue weighted by Gasteiger charge is 2.33. The summed E-state index contributed by atoms with van der Waals surface area (Å²) in [5.41, 5.74) is 2.78. The number of ether oxygens (including phenoxy) is 1.